The van der Waals surface area contributed by atoms with E-state index in [1.54, 1.807) is 6.07 Å². The number of hydrogen-bond acceptors (Lipinski definition) is 5. The summed E-state index contributed by atoms with van der Waals surface area (Å²) >= 11 is 0. The first-order valence-electron chi connectivity index (χ1n) is 8.08. The molecule has 134 valence electrons. The van der Waals surface area contributed by atoms with Crippen molar-refractivity contribution >= 4 is 23.6 Å². The van der Waals surface area contributed by atoms with Gasteiger partial charge in [-0.3, -0.25) is 40.0 Å². The van der Waals surface area contributed by atoms with E-state index in [2.05, 4.69) is 21.0 Å². The lowest BCUT2D eigenvalue weighted by Gasteiger charge is -2.13. The Labute approximate surface area is 148 Å². The largest absolute Gasteiger partial charge is 0.287 e. The maximum absolute atomic E-state index is 12.0. The molecule has 1 aromatic heterocycles. The first-order chi connectivity index (χ1) is 12.5. The van der Waals surface area contributed by atoms with E-state index < -0.39 is 11.8 Å². The second-order valence-electron chi connectivity index (χ2n) is 5.72. The van der Waals surface area contributed by atoms with Gasteiger partial charge >= 0.3 is 0 Å². The number of nitrogens with one attached hydrogen (secondary N) is 3. The van der Waals surface area contributed by atoms with Crippen LogP contribution in [-0.2, 0) is 14.4 Å². The average molecular weight is 355 g/mol. The summed E-state index contributed by atoms with van der Waals surface area (Å²) in [6.07, 6.45) is 0.275. The van der Waals surface area contributed by atoms with Gasteiger partial charge in [-0.2, -0.15) is 5.10 Å². The molecule has 2 heterocycles. The predicted molar refractivity (Wildman–Crippen MR) is 90.2 cm³/mol. The van der Waals surface area contributed by atoms with Crippen LogP contribution in [0.1, 0.15) is 29.8 Å². The molecule has 3 N–H and O–H groups in total. The molecule has 1 aliphatic heterocycles. The second-order valence-corrected chi connectivity index (χ2v) is 5.72. The van der Waals surface area contributed by atoms with E-state index >= 15 is 0 Å². The van der Waals surface area contributed by atoms with Crippen molar-refractivity contribution < 1.29 is 19.2 Å². The maximum atomic E-state index is 12.0. The number of rotatable bonds is 5. The van der Waals surface area contributed by atoms with Gasteiger partial charge in [-0.1, -0.05) is 30.3 Å². The molecule has 3 rings (SSSR count). The standard InChI is InChI=1S/C17H17N5O4/c23-14(8-9-22-15(24)6-7-16(22)25)20-21-17(26)13-10-12(18-19-13)11-4-2-1-3-5-11/h1-5,10H,6-9H2,(H,18,19)(H,20,23)(H,21,26). The minimum absolute atomic E-state index is 0.00157. The van der Waals surface area contributed by atoms with E-state index in [4.69, 9.17) is 0 Å². The van der Waals surface area contributed by atoms with Gasteiger partial charge in [0.1, 0.15) is 5.69 Å². The van der Waals surface area contributed by atoms with Crippen LogP contribution >= 0.6 is 0 Å². The molecule has 0 saturated carbocycles. The number of hydrazine groups is 1. The predicted octanol–water partition coefficient (Wildman–Crippen LogP) is 0.377. The quantitative estimate of drug-likeness (QED) is 0.528. The lowest BCUT2D eigenvalue weighted by molar-refractivity contribution is -0.138. The maximum Gasteiger partial charge on any atom is 0.287 e. The Morgan fingerprint density at radius 1 is 1.08 bits per heavy atom. The van der Waals surface area contributed by atoms with Gasteiger partial charge in [0.25, 0.3) is 5.91 Å². The van der Waals surface area contributed by atoms with Crippen LogP contribution in [0.2, 0.25) is 0 Å². The lowest BCUT2D eigenvalue weighted by Crippen LogP contribution is -2.43. The molecule has 1 aliphatic rings. The van der Waals surface area contributed by atoms with Crippen LogP contribution in [0.4, 0.5) is 0 Å². The highest BCUT2D eigenvalue weighted by Crippen LogP contribution is 2.16. The van der Waals surface area contributed by atoms with E-state index in [1.165, 1.54) is 0 Å². The number of likely N-dealkylation sites (tertiary alicyclic amines) is 1. The molecule has 26 heavy (non-hydrogen) atoms. The van der Waals surface area contributed by atoms with Crippen LogP contribution < -0.4 is 10.9 Å². The number of H-pyrrole nitrogens is 1. The summed E-state index contributed by atoms with van der Waals surface area (Å²) in [7, 11) is 0. The third-order valence-electron chi connectivity index (χ3n) is 3.92. The molecule has 1 fully saturated rings. The summed E-state index contributed by atoms with van der Waals surface area (Å²) in [6, 6.07) is 10.9. The summed E-state index contributed by atoms with van der Waals surface area (Å²) in [5.74, 6) is -1.62. The minimum Gasteiger partial charge on any atom is -0.282 e. The Bertz CT molecular complexity index is 830. The van der Waals surface area contributed by atoms with Crippen molar-refractivity contribution in [3.8, 4) is 11.3 Å². The molecule has 0 bridgehead atoms. The van der Waals surface area contributed by atoms with Gasteiger partial charge < -0.3 is 0 Å². The third kappa shape index (κ3) is 3.94. The van der Waals surface area contributed by atoms with Crippen LogP contribution in [0, 0.1) is 0 Å². The topological polar surface area (TPSA) is 124 Å². The third-order valence-corrected chi connectivity index (χ3v) is 3.92. The molecule has 0 radical (unpaired) electrons. The number of imide groups is 1. The lowest BCUT2D eigenvalue weighted by atomic mass is 10.1. The van der Waals surface area contributed by atoms with Gasteiger partial charge in [-0.25, -0.2) is 0 Å². The number of hydrogen-bond donors (Lipinski definition) is 3. The molecule has 1 saturated heterocycles. The first kappa shape index (κ1) is 17.3. The molecule has 2 aromatic rings. The smallest absolute Gasteiger partial charge is 0.282 e. The van der Waals surface area contributed by atoms with Crippen molar-refractivity contribution in [1.29, 1.82) is 0 Å². The minimum atomic E-state index is -0.554. The fourth-order valence-electron chi connectivity index (χ4n) is 2.54. The van der Waals surface area contributed by atoms with E-state index in [0.29, 0.717) is 5.69 Å². The number of amides is 4. The number of aromatic amines is 1. The Morgan fingerprint density at radius 3 is 2.46 bits per heavy atom. The van der Waals surface area contributed by atoms with E-state index in [1.807, 2.05) is 30.3 Å². The molecule has 4 amide bonds. The molecular formula is C17H17N5O4. The van der Waals surface area contributed by atoms with Crippen molar-refractivity contribution in [2.24, 2.45) is 0 Å². The number of carbonyl (C=O) groups excluding carboxylic acids is 4. The molecule has 9 nitrogen and oxygen atoms in total. The van der Waals surface area contributed by atoms with Crippen molar-refractivity contribution in [2.75, 3.05) is 6.54 Å². The fourth-order valence-corrected chi connectivity index (χ4v) is 2.54. The fraction of sp³-hybridized carbons (Fsp3) is 0.235. The van der Waals surface area contributed by atoms with E-state index in [0.717, 1.165) is 10.5 Å². The van der Waals surface area contributed by atoms with E-state index in [9.17, 15) is 19.2 Å². The normalized spacial score (nSPS) is 13.8. The number of benzene rings is 1. The van der Waals surface area contributed by atoms with Crippen molar-refractivity contribution in [2.45, 2.75) is 19.3 Å². The Morgan fingerprint density at radius 2 is 1.77 bits per heavy atom. The molecule has 9 heteroatoms. The van der Waals surface area contributed by atoms with Crippen LogP contribution in [0.15, 0.2) is 36.4 Å². The van der Waals surface area contributed by atoms with Crippen molar-refractivity contribution in [3.05, 3.63) is 42.1 Å². The average Bonchev–Trinajstić information content (AvgIpc) is 3.26. The molecule has 0 atom stereocenters. The molecule has 0 unspecified atom stereocenters. The molecule has 0 aliphatic carbocycles. The van der Waals surface area contributed by atoms with Crippen LogP contribution in [-0.4, -0.2) is 45.3 Å². The van der Waals surface area contributed by atoms with E-state index in [-0.39, 0.29) is 43.3 Å². The highest BCUT2D eigenvalue weighted by atomic mass is 16.2. The van der Waals surface area contributed by atoms with Gasteiger partial charge in [0.2, 0.25) is 17.7 Å². The van der Waals surface area contributed by atoms with Crippen molar-refractivity contribution in [3.63, 3.8) is 0 Å². The summed E-state index contributed by atoms with van der Waals surface area (Å²) in [5.41, 5.74) is 6.16. The van der Waals surface area contributed by atoms with Gasteiger partial charge in [-0.05, 0) is 6.07 Å². The zero-order valence-corrected chi connectivity index (χ0v) is 13.8. The summed E-state index contributed by atoms with van der Waals surface area (Å²) in [4.78, 5) is 47.8. The Hall–Kier alpha value is -3.49. The molecule has 0 spiro atoms. The first-order valence-corrected chi connectivity index (χ1v) is 8.08. The summed E-state index contributed by atoms with van der Waals surface area (Å²) in [6.45, 7) is 0.00157. The SMILES string of the molecule is O=C(CCN1C(=O)CCC1=O)NNC(=O)c1cc(-c2ccccc2)n[nH]1. The van der Waals surface area contributed by atoms with Gasteiger partial charge in [0.05, 0.1) is 5.69 Å². The zero-order valence-electron chi connectivity index (χ0n) is 13.8. The highest BCUT2D eigenvalue weighted by Gasteiger charge is 2.28. The van der Waals surface area contributed by atoms with Crippen molar-refractivity contribution in [1.82, 2.24) is 25.9 Å². The highest BCUT2D eigenvalue weighted by molar-refractivity contribution is 6.02. The Balaban J connectivity index is 1.48. The van der Waals surface area contributed by atoms with Crippen LogP contribution in [0.5, 0.6) is 0 Å². The van der Waals surface area contributed by atoms with Gasteiger partial charge in [0, 0.05) is 31.4 Å². The summed E-state index contributed by atoms with van der Waals surface area (Å²) < 4.78 is 0. The molecule has 1 aromatic carbocycles. The number of carbonyl (C=O) groups is 4. The number of aromatic nitrogens is 2. The summed E-state index contributed by atoms with van der Waals surface area (Å²) in [5, 5.41) is 6.66. The van der Waals surface area contributed by atoms with Gasteiger partial charge in [0.15, 0.2) is 0 Å². The second kappa shape index (κ2) is 7.60. The van der Waals surface area contributed by atoms with Crippen LogP contribution in [0.3, 0.4) is 0 Å². The Kier molecular flexibility index (Phi) is 5.07. The zero-order chi connectivity index (χ0) is 18.5. The van der Waals surface area contributed by atoms with Gasteiger partial charge in [-0.15, -0.1) is 0 Å². The van der Waals surface area contributed by atoms with Crippen LogP contribution in [0.25, 0.3) is 11.3 Å². The number of nitrogens with zero attached hydrogens (tertiary/aromatic N) is 2. The monoisotopic (exact) mass is 355 g/mol. The molecular weight excluding hydrogens is 338 g/mol.